The Labute approximate surface area is 161 Å². The van der Waals surface area contributed by atoms with Crippen molar-refractivity contribution in [2.45, 2.75) is 64.6 Å². The predicted molar refractivity (Wildman–Crippen MR) is 102 cm³/mol. The molecule has 0 bridgehead atoms. The molecule has 0 amide bonds. The fraction of sp³-hybridized carbons (Fsp3) is 0.947. The minimum absolute atomic E-state index is 0.00750. The standard InChI is InChI=1S/C19H35F3N4O/c1-3-23-17(25-16-7-11-26(13-16)15-19(20,21)22)24-14-18(8-5-6-9-18)10-12-27-4-2/h16H,3-15H2,1-2H3,(H2,23,24,25). The Balaban J connectivity index is 1.89. The highest BCUT2D eigenvalue weighted by Crippen LogP contribution is 2.41. The summed E-state index contributed by atoms with van der Waals surface area (Å²) in [4.78, 5) is 6.27. The van der Waals surface area contributed by atoms with E-state index in [4.69, 9.17) is 9.73 Å². The summed E-state index contributed by atoms with van der Waals surface area (Å²) in [6.07, 6.45) is 2.41. The van der Waals surface area contributed by atoms with E-state index in [-0.39, 0.29) is 11.5 Å². The lowest BCUT2D eigenvalue weighted by molar-refractivity contribution is -0.143. The van der Waals surface area contributed by atoms with Gasteiger partial charge in [-0.2, -0.15) is 13.2 Å². The molecule has 1 heterocycles. The molecule has 158 valence electrons. The summed E-state index contributed by atoms with van der Waals surface area (Å²) >= 11 is 0. The number of likely N-dealkylation sites (tertiary alicyclic amines) is 1. The van der Waals surface area contributed by atoms with Crippen LogP contribution in [0.3, 0.4) is 0 Å². The molecule has 1 aliphatic heterocycles. The number of rotatable bonds is 9. The average molecular weight is 393 g/mol. The maximum absolute atomic E-state index is 12.6. The zero-order valence-corrected chi connectivity index (χ0v) is 16.7. The third kappa shape index (κ3) is 7.86. The molecule has 8 heteroatoms. The Kier molecular flexibility index (Phi) is 8.66. The van der Waals surface area contributed by atoms with Crippen LogP contribution in [0.15, 0.2) is 4.99 Å². The fourth-order valence-electron chi connectivity index (χ4n) is 4.15. The number of ether oxygens (including phenoxy) is 1. The van der Waals surface area contributed by atoms with Gasteiger partial charge in [-0.25, -0.2) is 0 Å². The summed E-state index contributed by atoms with van der Waals surface area (Å²) in [5.74, 6) is 0.721. The molecule has 5 nitrogen and oxygen atoms in total. The molecule has 2 aliphatic rings. The van der Waals surface area contributed by atoms with Gasteiger partial charge in [0.25, 0.3) is 0 Å². The molecule has 0 aromatic carbocycles. The number of alkyl halides is 3. The normalized spacial score (nSPS) is 23.7. The van der Waals surface area contributed by atoms with Crippen LogP contribution in [0.1, 0.15) is 52.4 Å². The quantitative estimate of drug-likeness (QED) is 0.360. The highest BCUT2D eigenvalue weighted by Gasteiger charge is 2.35. The molecular weight excluding hydrogens is 357 g/mol. The molecule has 0 radical (unpaired) electrons. The summed E-state index contributed by atoms with van der Waals surface area (Å²) in [7, 11) is 0. The maximum atomic E-state index is 12.6. The fourth-order valence-corrected chi connectivity index (χ4v) is 4.15. The lowest BCUT2D eigenvalue weighted by Gasteiger charge is -2.28. The SMILES string of the molecule is CCNC(=NCC1(CCOCC)CCCC1)NC1CCN(CC(F)(F)F)C1. The summed E-state index contributed by atoms with van der Waals surface area (Å²) < 4.78 is 43.3. The van der Waals surface area contributed by atoms with Gasteiger partial charge < -0.3 is 15.4 Å². The van der Waals surface area contributed by atoms with Crippen molar-refractivity contribution >= 4 is 5.96 Å². The second-order valence-corrected chi connectivity index (χ2v) is 7.83. The molecule has 0 aromatic heterocycles. The van der Waals surface area contributed by atoms with E-state index in [0.29, 0.717) is 19.5 Å². The van der Waals surface area contributed by atoms with E-state index < -0.39 is 12.7 Å². The van der Waals surface area contributed by atoms with Crippen LogP contribution in [0, 0.1) is 5.41 Å². The summed E-state index contributed by atoms with van der Waals surface area (Å²) in [5, 5.41) is 6.59. The van der Waals surface area contributed by atoms with Crippen LogP contribution in [-0.2, 0) is 4.74 Å². The highest BCUT2D eigenvalue weighted by atomic mass is 19.4. The molecule has 1 saturated heterocycles. The van der Waals surface area contributed by atoms with Crippen molar-refractivity contribution in [3.05, 3.63) is 0 Å². The van der Waals surface area contributed by atoms with Gasteiger partial charge in [0.2, 0.25) is 0 Å². The zero-order valence-electron chi connectivity index (χ0n) is 16.7. The van der Waals surface area contributed by atoms with Gasteiger partial charge in [-0.3, -0.25) is 9.89 Å². The third-order valence-electron chi connectivity index (χ3n) is 5.58. The molecule has 1 atom stereocenters. The van der Waals surface area contributed by atoms with Crippen molar-refractivity contribution in [3.63, 3.8) is 0 Å². The molecule has 0 aromatic rings. The van der Waals surface area contributed by atoms with Gasteiger partial charge in [0, 0.05) is 45.4 Å². The Bertz CT molecular complexity index is 464. The number of guanidine groups is 1. The van der Waals surface area contributed by atoms with Crippen molar-refractivity contribution in [2.24, 2.45) is 10.4 Å². The molecule has 2 N–H and O–H groups in total. The van der Waals surface area contributed by atoms with Crippen LogP contribution in [0.25, 0.3) is 0 Å². The van der Waals surface area contributed by atoms with E-state index in [1.807, 2.05) is 13.8 Å². The molecule has 1 aliphatic carbocycles. The van der Waals surface area contributed by atoms with Crippen LogP contribution in [-0.4, -0.2) is 69.0 Å². The number of nitrogens with one attached hydrogen (secondary N) is 2. The van der Waals surface area contributed by atoms with Crippen molar-refractivity contribution in [2.75, 3.05) is 45.9 Å². The smallest absolute Gasteiger partial charge is 0.382 e. The molecule has 2 rings (SSSR count). The van der Waals surface area contributed by atoms with Crippen molar-refractivity contribution in [3.8, 4) is 0 Å². The summed E-state index contributed by atoms with van der Waals surface area (Å²) in [6.45, 7) is 7.03. The third-order valence-corrected chi connectivity index (χ3v) is 5.58. The van der Waals surface area contributed by atoms with E-state index in [2.05, 4.69) is 10.6 Å². The first kappa shape index (κ1) is 22.3. The van der Waals surface area contributed by atoms with Gasteiger partial charge in [-0.05, 0) is 44.9 Å². The molecular formula is C19H35F3N4O. The first-order valence-corrected chi connectivity index (χ1v) is 10.3. The first-order valence-electron chi connectivity index (χ1n) is 10.3. The van der Waals surface area contributed by atoms with E-state index in [0.717, 1.165) is 38.7 Å². The first-order chi connectivity index (χ1) is 12.9. The number of nitrogens with zero attached hydrogens (tertiary/aromatic N) is 2. The van der Waals surface area contributed by atoms with Crippen LogP contribution < -0.4 is 10.6 Å². The van der Waals surface area contributed by atoms with Crippen molar-refractivity contribution in [1.82, 2.24) is 15.5 Å². The molecule has 0 spiro atoms. The van der Waals surface area contributed by atoms with Crippen LogP contribution in [0.5, 0.6) is 0 Å². The Morgan fingerprint density at radius 2 is 2.00 bits per heavy atom. The second-order valence-electron chi connectivity index (χ2n) is 7.83. The minimum Gasteiger partial charge on any atom is -0.382 e. The summed E-state index contributed by atoms with van der Waals surface area (Å²) in [5.41, 5.74) is 0.204. The van der Waals surface area contributed by atoms with Crippen molar-refractivity contribution < 1.29 is 17.9 Å². The Hall–Kier alpha value is -1.02. The number of aliphatic imine (C=N–C) groups is 1. The predicted octanol–water partition coefficient (Wildman–Crippen LogP) is 3.17. The Morgan fingerprint density at radius 1 is 1.26 bits per heavy atom. The lowest BCUT2D eigenvalue weighted by Crippen LogP contribution is -2.45. The number of hydrogen-bond donors (Lipinski definition) is 2. The molecule has 1 saturated carbocycles. The van der Waals surface area contributed by atoms with Gasteiger partial charge in [0.05, 0.1) is 6.54 Å². The average Bonchev–Trinajstić information content (AvgIpc) is 3.22. The van der Waals surface area contributed by atoms with Crippen LogP contribution in [0.2, 0.25) is 0 Å². The van der Waals surface area contributed by atoms with Gasteiger partial charge in [-0.15, -0.1) is 0 Å². The zero-order chi connectivity index (χ0) is 19.8. The monoisotopic (exact) mass is 392 g/mol. The number of halogens is 3. The second kappa shape index (κ2) is 10.5. The Morgan fingerprint density at radius 3 is 2.63 bits per heavy atom. The van der Waals surface area contributed by atoms with Gasteiger partial charge in [-0.1, -0.05) is 12.8 Å². The minimum atomic E-state index is -4.14. The van der Waals surface area contributed by atoms with E-state index in [1.165, 1.54) is 30.6 Å². The molecule has 2 fully saturated rings. The van der Waals surface area contributed by atoms with E-state index in [1.54, 1.807) is 0 Å². The largest absolute Gasteiger partial charge is 0.401 e. The van der Waals surface area contributed by atoms with Gasteiger partial charge >= 0.3 is 6.18 Å². The van der Waals surface area contributed by atoms with E-state index in [9.17, 15) is 13.2 Å². The maximum Gasteiger partial charge on any atom is 0.401 e. The highest BCUT2D eigenvalue weighted by molar-refractivity contribution is 5.80. The van der Waals surface area contributed by atoms with Gasteiger partial charge in [0.1, 0.15) is 0 Å². The van der Waals surface area contributed by atoms with Crippen LogP contribution in [0.4, 0.5) is 13.2 Å². The number of hydrogen-bond acceptors (Lipinski definition) is 3. The van der Waals surface area contributed by atoms with E-state index >= 15 is 0 Å². The van der Waals surface area contributed by atoms with Gasteiger partial charge in [0.15, 0.2) is 5.96 Å². The van der Waals surface area contributed by atoms with Crippen molar-refractivity contribution in [1.29, 1.82) is 0 Å². The lowest BCUT2D eigenvalue weighted by atomic mass is 9.83. The topological polar surface area (TPSA) is 48.9 Å². The summed E-state index contributed by atoms with van der Waals surface area (Å²) in [6, 6.07) is 0.00750. The van der Waals surface area contributed by atoms with Crippen LogP contribution >= 0.6 is 0 Å². The molecule has 27 heavy (non-hydrogen) atoms. The molecule has 1 unspecified atom stereocenters.